The van der Waals surface area contributed by atoms with Crippen molar-refractivity contribution in [1.82, 2.24) is 0 Å². The van der Waals surface area contributed by atoms with E-state index in [9.17, 15) is 0 Å². The van der Waals surface area contributed by atoms with Crippen molar-refractivity contribution >= 4 is 39.0 Å². The van der Waals surface area contributed by atoms with E-state index in [0.29, 0.717) is 0 Å². The minimum absolute atomic E-state index is 0.120. The molecule has 0 bridgehead atoms. The summed E-state index contributed by atoms with van der Waals surface area (Å²) in [6.45, 7) is 14.1. The van der Waals surface area contributed by atoms with E-state index in [1.165, 1.54) is 66.8 Å². The Bertz CT molecular complexity index is 2770. The number of hydrogen-bond donors (Lipinski definition) is 0. The molecule has 8 aromatic rings. The van der Waals surface area contributed by atoms with E-state index in [0.717, 1.165) is 39.0 Å². The van der Waals surface area contributed by atoms with Crippen molar-refractivity contribution in [2.75, 3.05) is 4.90 Å². The van der Waals surface area contributed by atoms with Crippen LogP contribution in [0.4, 0.5) is 17.1 Å². The Labute approximate surface area is 311 Å². The Morgan fingerprint density at radius 1 is 0.415 bits per heavy atom. The molecule has 2 nitrogen and oxygen atoms in total. The topological polar surface area (TPSA) is 16.4 Å². The van der Waals surface area contributed by atoms with Gasteiger partial charge in [0.1, 0.15) is 11.2 Å². The molecule has 2 heteroatoms. The highest BCUT2D eigenvalue weighted by molar-refractivity contribution is 6.16. The van der Waals surface area contributed by atoms with Crippen LogP contribution in [0.25, 0.3) is 55.3 Å². The molecule has 7 aromatic carbocycles. The summed E-state index contributed by atoms with van der Waals surface area (Å²) in [6, 6.07) is 52.1. The van der Waals surface area contributed by atoms with Crippen LogP contribution in [0.2, 0.25) is 0 Å². The van der Waals surface area contributed by atoms with Crippen molar-refractivity contribution in [3.63, 3.8) is 0 Å². The maximum absolute atomic E-state index is 7.00. The van der Waals surface area contributed by atoms with Crippen molar-refractivity contribution in [3.05, 3.63) is 173 Å². The van der Waals surface area contributed by atoms with Crippen LogP contribution in [0.15, 0.2) is 144 Å². The van der Waals surface area contributed by atoms with Crippen LogP contribution in [-0.2, 0) is 16.2 Å². The van der Waals surface area contributed by atoms with Crippen molar-refractivity contribution in [2.24, 2.45) is 0 Å². The molecule has 11 rings (SSSR count). The molecule has 0 radical (unpaired) electrons. The average molecular weight is 684 g/mol. The van der Waals surface area contributed by atoms with Crippen LogP contribution >= 0.6 is 0 Å². The number of nitrogens with zero attached hydrogens (tertiary/aromatic N) is 1. The zero-order valence-electron chi connectivity index (χ0n) is 31.1. The second kappa shape index (κ2) is 10.2. The summed E-state index contributed by atoms with van der Waals surface area (Å²) in [6.07, 6.45) is 0. The lowest BCUT2D eigenvalue weighted by Gasteiger charge is -2.30. The largest absolute Gasteiger partial charge is 0.456 e. The Morgan fingerprint density at radius 2 is 0.887 bits per heavy atom. The number of benzene rings is 7. The molecule has 3 aliphatic carbocycles. The highest BCUT2D eigenvalue weighted by Gasteiger charge is 2.40. The van der Waals surface area contributed by atoms with Gasteiger partial charge in [-0.25, -0.2) is 0 Å². The van der Waals surface area contributed by atoms with Gasteiger partial charge in [-0.05, 0) is 104 Å². The molecule has 256 valence electrons. The van der Waals surface area contributed by atoms with Crippen LogP contribution in [0.5, 0.6) is 0 Å². The van der Waals surface area contributed by atoms with Gasteiger partial charge in [-0.2, -0.15) is 0 Å². The second-order valence-corrected chi connectivity index (χ2v) is 16.9. The first-order chi connectivity index (χ1) is 25.6. The predicted molar refractivity (Wildman–Crippen MR) is 221 cm³/mol. The van der Waals surface area contributed by atoms with Gasteiger partial charge in [-0.1, -0.05) is 139 Å². The molecule has 1 aromatic heterocycles. The first-order valence-corrected chi connectivity index (χ1v) is 18.9. The standard InChI is InChI=1S/C51H41NO/c1-49(2)39-17-10-7-14-32(39)35-24-22-30(28-42(35)49)52(31-23-25-36-33-15-8-11-18-40(33)50(3,4)43(36)29-31)44-20-13-21-45-46(44)38-27-26-37-34-16-9-12-19-41(34)51(5,6)47(37)48(38)53-45/h7-29H,1-6H3. The van der Waals surface area contributed by atoms with Crippen molar-refractivity contribution in [1.29, 1.82) is 0 Å². The van der Waals surface area contributed by atoms with Crippen LogP contribution in [0.3, 0.4) is 0 Å². The number of fused-ring (bicyclic) bond motifs is 13. The molecule has 0 aliphatic heterocycles. The fourth-order valence-electron chi connectivity index (χ4n) is 10.4. The molecule has 1 heterocycles. The Hall–Kier alpha value is -5.86. The Kier molecular flexibility index (Phi) is 5.90. The first-order valence-electron chi connectivity index (χ1n) is 18.9. The maximum Gasteiger partial charge on any atom is 0.140 e. The second-order valence-electron chi connectivity index (χ2n) is 16.9. The van der Waals surface area contributed by atoms with E-state index >= 15 is 0 Å². The number of rotatable bonds is 3. The molecule has 0 atom stereocenters. The Balaban J connectivity index is 1.18. The Morgan fingerprint density at radius 3 is 1.45 bits per heavy atom. The molecular weight excluding hydrogens is 643 g/mol. The van der Waals surface area contributed by atoms with Gasteiger partial charge >= 0.3 is 0 Å². The van der Waals surface area contributed by atoms with Gasteiger partial charge < -0.3 is 9.32 Å². The third-order valence-corrected chi connectivity index (χ3v) is 13.1. The van der Waals surface area contributed by atoms with Gasteiger partial charge in [0, 0.05) is 38.6 Å². The predicted octanol–water partition coefficient (Wildman–Crippen LogP) is 14.0. The minimum Gasteiger partial charge on any atom is -0.456 e. The third kappa shape index (κ3) is 3.88. The SMILES string of the molecule is CC1(C)c2ccccc2-c2ccc(N(c3ccc4c(c3)C(C)(C)c3ccccc3-4)c3cccc4oc5c6c(ccc5c34)-c3ccccc3C6(C)C)cc21. The average Bonchev–Trinajstić information content (AvgIpc) is 3.81. The summed E-state index contributed by atoms with van der Waals surface area (Å²) in [5.74, 6) is 0. The number of anilines is 3. The van der Waals surface area contributed by atoms with E-state index in [-0.39, 0.29) is 16.2 Å². The molecule has 0 saturated carbocycles. The van der Waals surface area contributed by atoms with Gasteiger partial charge in [0.25, 0.3) is 0 Å². The molecule has 0 fully saturated rings. The first kappa shape index (κ1) is 30.7. The summed E-state index contributed by atoms with van der Waals surface area (Å²) in [5.41, 5.74) is 20.9. The smallest absolute Gasteiger partial charge is 0.140 e. The van der Waals surface area contributed by atoms with E-state index in [1.807, 2.05) is 0 Å². The van der Waals surface area contributed by atoms with E-state index in [2.05, 4.69) is 186 Å². The summed E-state index contributed by atoms with van der Waals surface area (Å²) < 4.78 is 7.00. The summed E-state index contributed by atoms with van der Waals surface area (Å²) in [7, 11) is 0. The van der Waals surface area contributed by atoms with Crippen LogP contribution in [0, 0.1) is 0 Å². The highest BCUT2D eigenvalue weighted by atomic mass is 16.3. The van der Waals surface area contributed by atoms with Gasteiger partial charge in [-0.15, -0.1) is 0 Å². The third-order valence-electron chi connectivity index (χ3n) is 13.1. The fourth-order valence-corrected chi connectivity index (χ4v) is 10.4. The normalized spacial score (nSPS) is 16.2. The monoisotopic (exact) mass is 683 g/mol. The van der Waals surface area contributed by atoms with Crippen LogP contribution in [-0.4, -0.2) is 0 Å². The van der Waals surface area contributed by atoms with E-state index in [4.69, 9.17) is 4.42 Å². The van der Waals surface area contributed by atoms with E-state index < -0.39 is 0 Å². The zero-order valence-corrected chi connectivity index (χ0v) is 31.1. The van der Waals surface area contributed by atoms with Crippen molar-refractivity contribution < 1.29 is 4.42 Å². The molecule has 53 heavy (non-hydrogen) atoms. The molecule has 0 N–H and O–H groups in total. The lowest BCUT2D eigenvalue weighted by molar-refractivity contribution is 0.620. The van der Waals surface area contributed by atoms with Gasteiger partial charge in [0.15, 0.2) is 0 Å². The fraction of sp³-hybridized carbons (Fsp3) is 0.176. The van der Waals surface area contributed by atoms with Crippen molar-refractivity contribution in [3.8, 4) is 33.4 Å². The summed E-state index contributed by atoms with van der Waals surface area (Å²) in [5, 5.41) is 2.30. The quantitative estimate of drug-likeness (QED) is 0.184. The molecule has 3 aliphatic rings. The van der Waals surface area contributed by atoms with Gasteiger partial charge in [0.2, 0.25) is 0 Å². The van der Waals surface area contributed by atoms with Gasteiger partial charge in [-0.3, -0.25) is 0 Å². The number of hydrogen-bond acceptors (Lipinski definition) is 2. The molecule has 0 spiro atoms. The number of furan rings is 1. The molecule has 0 unspecified atom stereocenters. The minimum atomic E-state index is -0.180. The van der Waals surface area contributed by atoms with Crippen LogP contribution < -0.4 is 4.90 Å². The van der Waals surface area contributed by atoms with E-state index in [1.54, 1.807) is 0 Å². The molecule has 0 amide bonds. The molecular formula is C51H41NO. The van der Waals surface area contributed by atoms with Crippen LogP contribution in [0.1, 0.15) is 74.9 Å². The maximum atomic E-state index is 7.00. The van der Waals surface area contributed by atoms with Gasteiger partial charge in [0.05, 0.1) is 11.1 Å². The lowest BCUT2D eigenvalue weighted by Crippen LogP contribution is -2.18. The zero-order chi connectivity index (χ0) is 36.0. The van der Waals surface area contributed by atoms with Crippen molar-refractivity contribution in [2.45, 2.75) is 57.8 Å². The summed E-state index contributed by atoms with van der Waals surface area (Å²) in [4.78, 5) is 2.49. The lowest BCUT2D eigenvalue weighted by atomic mass is 9.81. The summed E-state index contributed by atoms with van der Waals surface area (Å²) >= 11 is 0. The highest BCUT2D eigenvalue weighted by Crippen LogP contribution is 2.56. The molecule has 0 saturated heterocycles.